The molecule has 1 aromatic carbocycles. The third-order valence-corrected chi connectivity index (χ3v) is 2.80. The summed E-state index contributed by atoms with van der Waals surface area (Å²) in [6.45, 7) is 7.53. The Bertz CT molecular complexity index is 503. The second-order valence-electron chi connectivity index (χ2n) is 5.66. The number of amides is 1. The summed E-state index contributed by atoms with van der Waals surface area (Å²) < 4.78 is 5.58. The van der Waals surface area contributed by atoms with Crippen LogP contribution in [0.3, 0.4) is 0 Å². The lowest BCUT2D eigenvalue weighted by Gasteiger charge is -2.24. The lowest BCUT2D eigenvalue weighted by atomic mass is 9.85. The average Bonchev–Trinajstić information content (AvgIpc) is 2.33. The molecule has 2 N–H and O–H groups in total. The van der Waals surface area contributed by atoms with Gasteiger partial charge in [0.1, 0.15) is 12.3 Å². The minimum atomic E-state index is -1.08. The highest BCUT2D eigenvalue weighted by Crippen LogP contribution is 2.33. The number of para-hydroxylation sites is 1. The van der Waals surface area contributed by atoms with Gasteiger partial charge < -0.3 is 15.2 Å². The van der Waals surface area contributed by atoms with Crippen molar-refractivity contribution in [1.29, 1.82) is 0 Å². The predicted octanol–water partition coefficient (Wildman–Crippen LogP) is 1.87. The van der Waals surface area contributed by atoms with Crippen LogP contribution in [-0.4, -0.2) is 30.1 Å². The molecule has 0 saturated carbocycles. The summed E-state index contributed by atoms with van der Waals surface area (Å²) >= 11 is 0. The Labute approximate surface area is 118 Å². The van der Waals surface area contributed by atoms with Gasteiger partial charge in [-0.2, -0.15) is 0 Å². The number of hydrogen-bond donors (Lipinski definition) is 2. The summed E-state index contributed by atoms with van der Waals surface area (Å²) in [6.07, 6.45) is 0. The zero-order valence-electron chi connectivity index (χ0n) is 12.3. The van der Waals surface area contributed by atoms with E-state index in [2.05, 4.69) is 26.1 Å². The minimum Gasteiger partial charge on any atom is -0.483 e. The van der Waals surface area contributed by atoms with Crippen LogP contribution in [0.25, 0.3) is 0 Å². The Kier molecular flexibility index (Phi) is 5.13. The van der Waals surface area contributed by atoms with Crippen LogP contribution in [0.4, 0.5) is 0 Å². The van der Waals surface area contributed by atoms with E-state index < -0.39 is 18.4 Å². The molecular weight excluding hydrogens is 258 g/mol. The van der Waals surface area contributed by atoms with Crippen molar-refractivity contribution in [3.05, 3.63) is 29.3 Å². The summed E-state index contributed by atoms with van der Waals surface area (Å²) in [5.41, 5.74) is 1.87. The van der Waals surface area contributed by atoms with Crippen molar-refractivity contribution in [2.75, 3.05) is 13.2 Å². The van der Waals surface area contributed by atoms with Crippen LogP contribution in [0.2, 0.25) is 0 Å². The van der Waals surface area contributed by atoms with Gasteiger partial charge in [-0.15, -0.1) is 0 Å². The van der Waals surface area contributed by atoms with Crippen LogP contribution in [-0.2, 0) is 15.0 Å². The van der Waals surface area contributed by atoms with Crippen molar-refractivity contribution in [3.63, 3.8) is 0 Å². The third-order valence-electron chi connectivity index (χ3n) is 2.80. The topological polar surface area (TPSA) is 75.6 Å². The van der Waals surface area contributed by atoms with Gasteiger partial charge >= 0.3 is 5.97 Å². The summed E-state index contributed by atoms with van der Waals surface area (Å²) in [5, 5.41) is 10.8. The van der Waals surface area contributed by atoms with Gasteiger partial charge in [-0.05, 0) is 23.5 Å². The number of carboxylic acids is 1. The second-order valence-corrected chi connectivity index (χ2v) is 5.66. The molecule has 1 amide bonds. The minimum absolute atomic E-state index is 0.0983. The van der Waals surface area contributed by atoms with Crippen molar-refractivity contribution in [3.8, 4) is 5.75 Å². The van der Waals surface area contributed by atoms with Crippen LogP contribution in [0.1, 0.15) is 31.9 Å². The van der Waals surface area contributed by atoms with E-state index in [1.165, 1.54) is 0 Å². The molecule has 0 fully saturated rings. The molecule has 0 aliphatic rings. The van der Waals surface area contributed by atoms with Gasteiger partial charge in [0.2, 0.25) is 0 Å². The fourth-order valence-corrected chi connectivity index (χ4v) is 1.80. The third kappa shape index (κ3) is 4.57. The largest absolute Gasteiger partial charge is 0.483 e. The monoisotopic (exact) mass is 279 g/mol. The number of rotatable bonds is 5. The first-order valence-corrected chi connectivity index (χ1v) is 6.43. The standard InChI is InChI=1S/C15H21NO4/c1-10-6-5-7-11(15(2,3)4)14(10)20-9-12(17)16-8-13(18)19/h5-7H,8-9H2,1-4H3,(H,16,17)(H,18,19). The van der Waals surface area contributed by atoms with Gasteiger partial charge in [-0.3, -0.25) is 9.59 Å². The van der Waals surface area contributed by atoms with Crippen molar-refractivity contribution < 1.29 is 19.4 Å². The molecule has 110 valence electrons. The van der Waals surface area contributed by atoms with Crippen LogP contribution in [0, 0.1) is 6.92 Å². The number of carbonyl (C=O) groups is 2. The second kappa shape index (κ2) is 6.41. The molecule has 5 heteroatoms. The number of ether oxygens (including phenoxy) is 1. The number of carbonyl (C=O) groups excluding carboxylic acids is 1. The highest BCUT2D eigenvalue weighted by molar-refractivity contribution is 5.82. The molecule has 0 heterocycles. The van der Waals surface area contributed by atoms with Crippen LogP contribution < -0.4 is 10.1 Å². The summed E-state index contributed by atoms with van der Waals surface area (Å²) in [4.78, 5) is 21.9. The predicted molar refractivity (Wildman–Crippen MR) is 76.0 cm³/mol. The highest BCUT2D eigenvalue weighted by Gasteiger charge is 2.20. The highest BCUT2D eigenvalue weighted by atomic mass is 16.5. The molecule has 0 aliphatic heterocycles. The molecule has 1 aromatic rings. The summed E-state index contributed by atoms with van der Waals surface area (Å²) in [6, 6.07) is 5.84. The molecule has 0 atom stereocenters. The maximum Gasteiger partial charge on any atom is 0.322 e. The maximum atomic E-state index is 11.5. The smallest absolute Gasteiger partial charge is 0.322 e. The van der Waals surface area contributed by atoms with Crippen molar-refractivity contribution in [2.24, 2.45) is 0 Å². The van der Waals surface area contributed by atoms with Crippen molar-refractivity contribution >= 4 is 11.9 Å². The first-order valence-electron chi connectivity index (χ1n) is 6.43. The van der Waals surface area contributed by atoms with E-state index in [0.717, 1.165) is 11.1 Å². The molecule has 0 radical (unpaired) electrons. The Morgan fingerprint density at radius 3 is 2.50 bits per heavy atom. The zero-order valence-corrected chi connectivity index (χ0v) is 12.3. The first kappa shape index (κ1) is 16.0. The lowest BCUT2D eigenvalue weighted by molar-refractivity contribution is -0.138. The van der Waals surface area contributed by atoms with E-state index in [9.17, 15) is 9.59 Å². The number of carboxylic acid groups (broad SMARTS) is 1. The summed E-state index contributed by atoms with van der Waals surface area (Å²) in [5.74, 6) is -0.842. The molecule has 0 unspecified atom stereocenters. The maximum absolute atomic E-state index is 11.5. The number of nitrogens with one attached hydrogen (secondary N) is 1. The quantitative estimate of drug-likeness (QED) is 0.862. The van der Waals surface area contributed by atoms with Gasteiger partial charge in [0.25, 0.3) is 5.91 Å². The van der Waals surface area contributed by atoms with E-state index >= 15 is 0 Å². The van der Waals surface area contributed by atoms with E-state index in [1.807, 2.05) is 25.1 Å². The molecule has 20 heavy (non-hydrogen) atoms. The zero-order chi connectivity index (χ0) is 15.3. The summed E-state index contributed by atoms with van der Waals surface area (Å²) in [7, 11) is 0. The Hall–Kier alpha value is -2.04. The Morgan fingerprint density at radius 2 is 1.95 bits per heavy atom. The number of aliphatic carboxylic acids is 1. The van der Waals surface area contributed by atoms with Gasteiger partial charge in [-0.1, -0.05) is 39.0 Å². The van der Waals surface area contributed by atoms with Gasteiger partial charge in [0.15, 0.2) is 6.61 Å². The van der Waals surface area contributed by atoms with Crippen molar-refractivity contribution in [2.45, 2.75) is 33.1 Å². The van der Waals surface area contributed by atoms with E-state index in [0.29, 0.717) is 5.75 Å². The van der Waals surface area contributed by atoms with Crippen LogP contribution in [0.5, 0.6) is 5.75 Å². The molecule has 1 rings (SSSR count). The normalized spacial score (nSPS) is 11.0. The van der Waals surface area contributed by atoms with Crippen molar-refractivity contribution in [1.82, 2.24) is 5.32 Å². The first-order chi connectivity index (χ1) is 9.21. The van der Waals surface area contributed by atoms with E-state index in [1.54, 1.807) is 0 Å². The number of aryl methyl sites for hydroxylation is 1. The molecule has 0 saturated heterocycles. The number of benzene rings is 1. The molecule has 0 aromatic heterocycles. The molecule has 0 spiro atoms. The fraction of sp³-hybridized carbons (Fsp3) is 0.467. The van der Waals surface area contributed by atoms with E-state index in [-0.39, 0.29) is 12.0 Å². The van der Waals surface area contributed by atoms with Crippen LogP contribution >= 0.6 is 0 Å². The SMILES string of the molecule is Cc1cccc(C(C)(C)C)c1OCC(=O)NCC(=O)O. The van der Waals surface area contributed by atoms with E-state index in [4.69, 9.17) is 9.84 Å². The Morgan fingerprint density at radius 1 is 1.30 bits per heavy atom. The average molecular weight is 279 g/mol. The molecule has 0 aliphatic carbocycles. The lowest BCUT2D eigenvalue weighted by Crippen LogP contribution is -2.33. The number of hydrogen-bond acceptors (Lipinski definition) is 3. The Balaban J connectivity index is 2.77. The molecule has 5 nitrogen and oxygen atoms in total. The van der Waals surface area contributed by atoms with Gasteiger partial charge in [0.05, 0.1) is 0 Å². The molecular formula is C15H21NO4. The van der Waals surface area contributed by atoms with Crippen LogP contribution in [0.15, 0.2) is 18.2 Å². The fourth-order valence-electron chi connectivity index (χ4n) is 1.80. The van der Waals surface area contributed by atoms with Gasteiger partial charge in [-0.25, -0.2) is 0 Å². The van der Waals surface area contributed by atoms with Gasteiger partial charge in [0, 0.05) is 0 Å². The molecule has 0 bridgehead atoms.